The van der Waals surface area contributed by atoms with Gasteiger partial charge in [0.2, 0.25) is 11.8 Å². The Balaban J connectivity index is 1.21. The molecule has 0 saturated heterocycles. The third-order valence-electron chi connectivity index (χ3n) is 7.55. The maximum Gasteiger partial charge on any atom is 0.227 e. The number of hydrogen-bond acceptors (Lipinski definition) is 2. The summed E-state index contributed by atoms with van der Waals surface area (Å²) in [4.78, 5) is 25.3. The molecule has 4 saturated carbocycles. The molecule has 1 aromatic carbocycles. The van der Waals surface area contributed by atoms with Crippen molar-refractivity contribution in [3.05, 3.63) is 24.3 Å². The lowest BCUT2D eigenvalue weighted by molar-refractivity contribution is -0.122. The predicted molar refractivity (Wildman–Crippen MR) is 102 cm³/mol. The highest BCUT2D eigenvalue weighted by Gasteiger charge is 2.44. The van der Waals surface area contributed by atoms with E-state index >= 15 is 0 Å². The van der Waals surface area contributed by atoms with Gasteiger partial charge in [-0.25, -0.2) is 0 Å². The molecule has 4 aliphatic carbocycles. The first-order chi connectivity index (χ1) is 12.7. The Kier molecular flexibility index (Phi) is 4.02. The van der Waals surface area contributed by atoms with Gasteiger partial charge in [0.05, 0.1) is 0 Å². The molecule has 26 heavy (non-hydrogen) atoms. The Morgan fingerprint density at radius 3 is 1.62 bits per heavy atom. The number of anilines is 2. The second-order valence-corrected chi connectivity index (χ2v) is 9.12. The molecule has 4 nitrogen and oxygen atoms in total. The lowest BCUT2D eigenvalue weighted by Crippen LogP contribution is -2.28. The van der Waals surface area contributed by atoms with Crippen molar-refractivity contribution in [1.29, 1.82) is 0 Å². The van der Waals surface area contributed by atoms with Gasteiger partial charge in [-0.2, -0.15) is 0 Å². The van der Waals surface area contributed by atoms with E-state index in [4.69, 9.17) is 0 Å². The van der Waals surface area contributed by atoms with E-state index in [9.17, 15) is 9.59 Å². The van der Waals surface area contributed by atoms with Crippen LogP contribution in [0.15, 0.2) is 24.3 Å². The van der Waals surface area contributed by atoms with E-state index in [1.165, 1.54) is 38.5 Å². The van der Waals surface area contributed by atoms with Crippen molar-refractivity contribution in [2.45, 2.75) is 51.4 Å². The van der Waals surface area contributed by atoms with Crippen LogP contribution in [0, 0.1) is 35.5 Å². The summed E-state index contributed by atoms with van der Waals surface area (Å²) in [6.07, 6.45) is 9.60. The standard InChI is InChI=1S/C22H28N2O2/c25-21(19-10-13-4-6-15(19)8-13)23-17-2-1-3-18(12-17)24-22(26)20-11-14-5-7-16(20)9-14/h1-3,12-16,19-20H,4-11H2,(H,23,25)(H,24,26). The Labute approximate surface area is 155 Å². The molecular formula is C22H28N2O2. The van der Waals surface area contributed by atoms with E-state index in [-0.39, 0.29) is 23.7 Å². The monoisotopic (exact) mass is 352 g/mol. The molecule has 5 rings (SSSR count). The van der Waals surface area contributed by atoms with Crippen LogP contribution in [0.2, 0.25) is 0 Å². The fourth-order valence-electron chi connectivity index (χ4n) is 6.28. The van der Waals surface area contributed by atoms with Crippen LogP contribution in [0.25, 0.3) is 0 Å². The van der Waals surface area contributed by atoms with Gasteiger partial charge in [-0.15, -0.1) is 0 Å². The fraction of sp³-hybridized carbons (Fsp3) is 0.636. The summed E-state index contributed by atoms with van der Waals surface area (Å²) in [7, 11) is 0. The Morgan fingerprint density at radius 1 is 0.731 bits per heavy atom. The van der Waals surface area contributed by atoms with Crippen LogP contribution >= 0.6 is 0 Å². The highest BCUT2D eigenvalue weighted by molar-refractivity contribution is 5.96. The molecule has 0 radical (unpaired) electrons. The molecule has 2 amide bonds. The van der Waals surface area contributed by atoms with Crippen LogP contribution in [-0.4, -0.2) is 11.8 Å². The van der Waals surface area contributed by atoms with E-state index in [2.05, 4.69) is 10.6 Å². The second kappa shape index (κ2) is 6.40. The first-order valence-electron chi connectivity index (χ1n) is 10.4. The van der Waals surface area contributed by atoms with Crippen molar-refractivity contribution in [3.63, 3.8) is 0 Å². The molecule has 4 fully saturated rings. The molecule has 0 spiro atoms. The van der Waals surface area contributed by atoms with Crippen molar-refractivity contribution in [2.75, 3.05) is 10.6 Å². The number of fused-ring (bicyclic) bond motifs is 4. The van der Waals surface area contributed by atoms with E-state index in [1.54, 1.807) is 0 Å². The number of nitrogens with one attached hydrogen (secondary N) is 2. The molecular weight excluding hydrogens is 324 g/mol. The predicted octanol–water partition coefficient (Wildman–Crippen LogP) is 4.44. The van der Waals surface area contributed by atoms with Crippen molar-refractivity contribution >= 4 is 23.2 Å². The minimum absolute atomic E-state index is 0.161. The quantitative estimate of drug-likeness (QED) is 0.842. The Hall–Kier alpha value is -1.84. The molecule has 6 unspecified atom stereocenters. The summed E-state index contributed by atoms with van der Waals surface area (Å²) in [5, 5.41) is 6.18. The minimum Gasteiger partial charge on any atom is -0.326 e. The zero-order valence-electron chi connectivity index (χ0n) is 15.2. The number of benzene rings is 1. The van der Waals surface area contributed by atoms with Gasteiger partial charge in [0.1, 0.15) is 0 Å². The summed E-state index contributed by atoms with van der Waals surface area (Å²) in [6.45, 7) is 0. The number of rotatable bonds is 4. The van der Waals surface area contributed by atoms with Crippen molar-refractivity contribution in [1.82, 2.24) is 0 Å². The van der Waals surface area contributed by atoms with E-state index in [0.29, 0.717) is 11.8 Å². The third kappa shape index (κ3) is 2.93. The summed E-state index contributed by atoms with van der Waals surface area (Å²) in [6, 6.07) is 7.64. The maximum atomic E-state index is 12.6. The largest absolute Gasteiger partial charge is 0.326 e. The SMILES string of the molecule is O=C(Nc1cccc(NC(=O)C2CC3CCC2C3)c1)C1CC2CCC1C2. The van der Waals surface area contributed by atoms with E-state index in [0.717, 1.165) is 36.1 Å². The number of carbonyl (C=O) groups excluding carboxylic acids is 2. The lowest BCUT2D eigenvalue weighted by Gasteiger charge is -2.22. The average molecular weight is 352 g/mol. The topological polar surface area (TPSA) is 58.2 Å². The molecule has 2 N–H and O–H groups in total. The van der Waals surface area contributed by atoms with Gasteiger partial charge in [-0.3, -0.25) is 9.59 Å². The molecule has 4 heteroatoms. The second-order valence-electron chi connectivity index (χ2n) is 9.12. The van der Waals surface area contributed by atoms with Crippen LogP contribution < -0.4 is 10.6 Å². The van der Waals surface area contributed by atoms with Crippen LogP contribution in [-0.2, 0) is 9.59 Å². The average Bonchev–Trinajstić information content (AvgIpc) is 3.42. The third-order valence-corrected chi connectivity index (χ3v) is 7.55. The molecule has 0 heterocycles. The first-order valence-corrected chi connectivity index (χ1v) is 10.4. The molecule has 1 aromatic rings. The zero-order valence-corrected chi connectivity index (χ0v) is 15.2. The van der Waals surface area contributed by atoms with E-state index in [1.807, 2.05) is 24.3 Å². The molecule has 0 aromatic heterocycles. The van der Waals surface area contributed by atoms with Gasteiger partial charge < -0.3 is 10.6 Å². The van der Waals surface area contributed by atoms with Gasteiger partial charge in [-0.1, -0.05) is 18.9 Å². The highest BCUT2D eigenvalue weighted by atomic mass is 16.2. The molecule has 4 aliphatic rings. The van der Waals surface area contributed by atoms with Gasteiger partial charge in [0.15, 0.2) is 0 Å². The normalized spacial score (nSPS) is 37.1. The summed E-state index contributed by atoms with van der Waals surface area (Å²) >= 11 is 0. The van der Waals surface area contributed by atoms with Crippen molar-refractivity contribution < 1.29 is 9.59 Å². The lowest BCUT2D eigenvalue weighted by atomic mass is 9.88. The Morgan fingerprint density at radius 2 is 1.23 bits per heavy atom. The highest BCUT2D eigenvalue weighted by Crippen LogP contribution is 2.49. The number of hydrogen-bond donors (Lipinski definition) is 2. The Bertz CT molecular complexity index is 673. The van der Waals surface area contributed by atoms with Crippen LogP contribution in [0.3, 0.4) is 0 Å². The molecule has 4 bridgehead atoms. The fourth-order valence-corrected chi connectivity index (χ4v) is 6.28. The van der Waals surface area contributed by atoms with Gasteiger partial charge >= 0.3 is 0 Å². The van der Waals surface area contributed by atoms with E-state index < -0.39 is 0 Å². The molecule has 0 aliphatic heterocycles. The smallest absolute Gasteiger partial charge is 0.227 e. The minimum atomic E-state index is 0.161. The van der Waals surface area contributed by atoms with Crippen molar-refractivity contribution in [3.8, 4) is 0 Å². The summed E-state index contributed by atoms with van der Waals surface area (Å²) in [5.74, 6) is 3.39. The van der Waals surface area contributed by atoms with Gasteiger partial charge in [-0.05, 0) is 80.4 Å². The summed E-state index contributed by atoms with van der Waals surface area (Å²) in [5.41, 5.74) is 1.59. The van der Waals surface area contributed by atoms with Crippen LogP contribution in [0.5, 0.6) is 0 Å². The van der Waals surface area contributed by atoms with Gasteiger partial charge in [0, 0.05) is 23.2 Å². The van der Waals surface area contributed by atoms with Gasteiger partial charge in [0.25, 0.3) is 0 Å². The number of amides is 2. The first kappa shape index (κ1) is 16.3. The number of carbonyl (C=O) groups is 2. The van der Waals surface area contributed by atoms with Crippen molar-refractivity contribution in [2.24, 2.45) is 35.5 Å². The molecule has 138 valence electrons. The molecule has 6 atom stereocenters. The van der Waals surface area contributed by atoms with Crippen LogP contribution in [0.1, 0.15) is 51.4 Å². The van der Waals surface area contributed by atoms with Crippen LogP contribution in [0.4, 0.5) is 11.4 Å². The summed E-state index contributed by atoms with van der Waals surface area (Å²) < 4.78 is 0. The zero-order chi connectivity index (χ0) is 17.7. The maximum absolute atomic E-state index is 12.6.